The van der Waals surface area contributed by atoms with Gasteiger partial charge >= 0.3 is 0 Å². The Morgan fingerprint density at radius 1 is 1.19 bits per heavy atom. The monoisotopic (exact) mass is 374 g/mol. The largest absolute Gasteiger partial charge is 0.381 e. The van der Waals surface area contributed by atoms with Crippen LogP contribution in [-0.2, 0) is 9.47 Å². The zero-order chi connectivity index (χ0) is 19.0. The second-order valence-electron chi connectivity index (χ2n) is 7.61. The molecule has 2 saturated heterocycles. The molecule has 0 radical (unpaired) electrons. The molecular weight excluding hydrogens is 340 g/mol. The third-order valence-electron chi connectivity index (χ3n) is 5.61. The maximum atomic E-state index is 5.69. The molecule has 2 heterocycles. The summed E-state index contributed by atoms with van der Waals surface area (Å²) in [6, 6.07) is 10.9. The van der Waals surface area contributed by atoms with Crippen LogP contribution in [0.4, 0.5) is 0 Å². The predicted molar refractivity (Wildman–Crippen MR) is 109 cm³/mol. The van der Waals surface area contributed by atoms with Crippen molar-refractivity contribution in [3.63, 3.8) is 0 Å². The highest BCUT2D eigenvalue weighted by Gasteiger charge is 2.34. The van der Waals surface area contributed by atoms with E-state index in [2.05, 4.69) is 58.2 Å². The SMILES string of the molecule is CN=C(NCC1CCCO1)NCC1(NC(C)c2ccccc2)CCOCC1. The van der Waals surface area contributed by atoms with Gasteiger partial charge in [-0.25, -0.2) is 0 Å². The van der Waals surface area contributed by atoms with Gasteiger partial charge in [-0.15, -0.1) is 0 Å². The first kappa shape index (κ1) is 20.1. The van der Waals surface area contributed by atoms with Crippen molar-refractivity contribution in [2.75, 3.05) is 40.0 Å². The third kappa shape index (κ3) is 5.92. The number of benzene rings is 1. The molecule has 27 heavy (non-hydrogen) atoms. The van der Waals surface area contributed by atoms with Gasteiger partial charge in [-0.1, -0.05) is 30.3 Å². The van der Waals surface area contributed by atoms with Crippen LogP contribution in [0.2, 0.25) is 0 Å². The lowest BCUT2D eigenvalue weighted by molar-refractivity contribution is 0.0354. The maximum absolute atomic E-state index is 5.69. The normalized spacial score (nSPS) is 23.8. The van der Waals surface area contributed by atoms with E-state index in [4.69, 9.17) is 9.47 Å². The Morgan fingerprint density at radius 3 is 2.63 bits per heavy atom. The van der Waals surface area contributed by atoms with Crippen molar-refractivity contribution < 1.29 is 9.47 Å². The van der Waals surface area contributed by atoms with Gasteiger partial charge in [0.1, 0.15) is 0 Å². The van der Waals surface area contributed by atoms with Crippen LogP contribution in [0.3, 0.4) is 0 Å². The summed E-state index contributed by atoms with van der Waals surface area (Å²) >= 11 is 0. The Balaban J connectivity index is 1.56. The molecule has 0 aromatic heterocycles. The van der Waals surface area contributed by atoms with Gasteiger partial charge in [0.15, 0.2) is 5.96 Å². The lowest BCUT2D eigenvalue weighted by atomic mass is 9.88. The molecule has 0 spiro atoms. The van der Waals surface area contributed by atoms with Crippen LogP contribution in [-0.4, -0.2) is 57.6 Å². The van der Waals surface area contributed by atoms with Gasteiger partial charge in [-0.2, -0.15) is 0 Å². The molecule has 2 unspecified atom stereocenters. The van der Waals surface area contributed by atoms with E-state index in [1.54, 1.807) is 0 Å². The summed E-state index contributed by atoms with van der Waals surface area (Å²) in [6.07, 6.45) is 4.56. The lowest BCUT2D eigenvalue weighted by Crippen LogP contribution is -2.58. The van der Waals surface area contributed by atoms with Crippen molar-refractivity contribution >= 4 is 5.96 Å². The van der Waals surface area contributed by atoms with Gasteiger partial charge < -0.3 is 25.4 Å². The first-order valence-corrected chi connectivity index (χ1v) is 10.2. The number of aliphatic imine (C=N–C) groups is 1. The minimum atomic E-state index is -0.00497. The van der Waals surface area contributed by atoms with Crippen LogP contribution < -0.4 is 16.0 Å². The van der Waals surface area contributed by atoms with E-state index in [1.807, 2.05) is 7.05 Å². The summed E-state index contributed by atoms with van der Waals surface area (Å²) in [7, 11) is 1.82. The van der Waals surface area contributed by atoms with Crippen molar-refractivity contribution in [3.8, 4) is 0 Å². The Morgan fingerprint density at radius 2 is 1.96 bits per heavy atom. The zero-order valence-electron chi connectivity index (χ0n) is 16.7. The zero-order valence-corrected chi connectivity index (χ0v) is 16.7. The number of nitrogens with zero attached hydrogens (tertiary/aromatic N) is 1. The molecule has 1 aromatic rings. The fourth-order valence-corrected chi connectivity index (χ4v) is 3.91. The van der Waals surface area contributed by atoms with Gasteiger partial charge in [-0.3, -0.25) is 4.99 Å². The Hall–Kier alpha value is -1.63. The average molecular weight is 375 g/mol. The average Bonchev–Trinajstić information content (AvgIpc) is 3.23. The lowest BCUT2D eigenvalue weighted by Gasteiger charge is -2.41. The molecule has 0 amide bonds. The van der Waals surface area contributed by atoms with Gasteiger partial charge in [0.2, 0.25) is 0 Å². The van der Waals surface area contributed by atoms with Crippen LogP contribution in [0.15, 0.2) is 35.3 Å². The predicted octanol–water partition coefficient (Wildman–Crippen LogP) is 2.23. The molecule has 0 saturated carbocycles. The highest BCUT2D eigenvalue weighted by Crippen LogP contribution is 2.25. The molecule has 6 nitrogen and oxygen atoms in total. The molecular formula is C21H34N4O2. The van der Waals surface area contributed by atoms with E-state index < -0.39 is 0 Å². The summed E-state index contributed by atoms with van der Waals surface area (Å²) in [5.74, 6) is 0.838. The molecule has 150 valence electrons. The molecule has 6 heteroatoms. The summed E-state index contributed by atoms with van der Waals surface area (Å²) < 4.78 is 11.3. The van der Waals surface area contributed by atoms with Crippen molar-refractivity contribution in [1.29, 1.82) is 0 Å². The van der Waals surface area contributed by atoms with Crippen LogP contribution >= 0.6 is 0 Å². The molecule has 2 atom stereocenters. The molecule has 0 bridgehead atoms. The van der Waals surface area contributed by atoms with E-state index in [1.165, 1.54) is 5.56 Å². The van der Waals surface area contributed by atoms with Crippen LogP contribution in [0.25, 0.3) is 0 Å². The highest BCUT2D eigenvalue weighted by molar-refractivity contribution is 5.79. The van der Waals surface area contributed by atoms with E-state index in [0.29, 0.717) is 6.10 Å². The van der Waals surface area contributed by atoms with Crippen LogP contribution in [0.1, 0.15) is 44.2 Å². The van der Waals surface area contributed by atoms with Gasteiger partial charge in [0, 0.05) is 51.5 Å². The van der Waals surface area contributed by atoms with E-state index in [-0.39, 0.29) is 11.6 Å². The molecule has 2 aliphatic heterocycles. The Labute approximate surface area is 163 Å². The second kappa shape index (κ2) is 10.1. The first-order chi connectivity index (χ1) is 13.2. The number of guanidine groups is 1. The maximum Gasteiger partial charge on any atom is 0.191 e. The molecule has 0 aliphatic carbocycles. The molecule has 3 rings (SSSR count). The van der Waals surface area contributed by atoms with E-state index >= 15 is 0 Å². The number of rotatable bonds is 7. The summed E-state index contributed by atoms with van der Waals surface area (Å²) in [5.41, 5.74) is 1.30. The Kier molecular flexibility index (Phi) is 7.50. The standard InChI is InChI=1S/C21H34N4O2/c1-17(18-7-4-3-5-8-18)25-21(10-13-26-14-11-21)16-24-20(22-2)23-15-19-9-6-12-27-19/h3-5,7-8,17,19,25H,6,9-16H2,1-2H3,(H2,22,23,24). The Bertz CT molecular complexity index is 581. The van der Waals surface area contributed by atoms with Crippen molar-refractivity contribution in [1.82, 2.24) is 16.0 Å². The minimum Gasteiger partial charge on any atom is -0.381 e. The summed E-state index contributed by atoms with van der Waals surface area (Å²) in [6.45, 7) is 6.32. The number of hydrogen-bond acceptors (Lipinski definition) is 4. The first-order valence-electron chi connectivity index (χ1n) is 10.2. The summed E-state index contributed by atoms with van der Waals surface area (Å²) in [5, 5.41) is 10.8. The second-order valence-corrected chi connectivity index (χ2v) is 7.61. The topological polar surface area (TPSA) is 66.9 Å². The van der Waals surface area contributed by atoms with E-state index in [0.717, 1.165) is 64.6 Å². The van der Waals surface area contributed by atoms with Crippen molar-refractivity contribution in [2.45, 2.75) is 50.3 Å². The molecule has 2 fully saturated rings. The fourth-order valence-electron chi connectivity index (χ4n) is 3.91. The molecule has 1 aromatic carbocycles. The fraction of sp³-hybridized carbons (Fsp3) is 0.667. The smallest absolute Gasteiger partial charge is 0.191 e. The van der Waals surface area contributed by atoms with Gasteiger partial charge in [0.25, 0.3) is 0 Å². The van der Waals surface area contributed by atoms with E-state index in [9.17, 15) is 0 Å². The summed E-state index contributed by atoms with van der Waals surface area (Å²) in [4.78, 5) is 4.38. The number of ether oxygens (including phenoxy) is 2. The number of hydrogen-bond donors (Lipinski definition) is 3. The van der Waals surface area contributed by atoms with Crippen molar-refractivity contribution in [2.24, 2.45) is 4.99 Å². The molecule has 2 aliphatic rings. The third-order valence-corrected chi connectivity index (χ3v) is 5.61. The van der Waals surface area contributed by atoms with Gasteiger partial charge in [0.05, 0.1) is 6.10 Å². The minimum absolute atomic E-state index is 0.00497. The van der Waals surface area contributed by atoms with Gasteiger partial charge in [-0.05, 0) is 38.2 Å². The van der Waals surface area contributed by atoms with Crippen LogP contribution in [0, 0.1) is 0 Å². The quantitative estimate of drug-likeness (QED) is 0.504. The highest BCUT2D eigenvalue weighted by atomic mass is 16.5. The van der Waals surface area contributed by atoms with Crippen molar-refractivity contribution in [3.05, 3.63) is 35.9 Å². The van der Waals surface area contributed by atoms with Crippen LogP contribution in [0.5, 0.6) is 0 Å². The molecule has 3 N–H and O–H groups in total. The number of nitrogens with one attached hydrogen (secondary N) is 3.